The van der Waals surface area contributed by atoms with E-state index >= 15 is 0 Å². The molecule has 0 spiro atoms. The van der Waals surface area contributed by atoms with Crippen LogP contribution in [0.4, 0.5) is 5.69 Å². The number of Topliss-reactive ketones (excluding diaryl/α,β-unsaturated/α-hetero) is 1. The molecule has 0 aliphatic carbocycles. The van der Waals surface area contributed by atoms with Gasteiger partial charge in [-0.15, -0.1) is 0 Å². The fourth-order valence-corrected chi connectivity index (χ4v) is 5.17. The standard InChI is InChI=1S/C26H38N4O5/c1-5-17(3)22(26(33)30-15-21(34-6-2)24-23(30)20(31)16-35-24)27-25(32)18-7-9-19(10-8-18)29-13-11-28(4)12-14-29/h7-10,17,21-24H,5-6,11-16H2,1-4H3,(H,27,32)/t17-,21-,22-,23+,24+/m0/s1. The molecule has 3 aliphatic heterocycles. The van der Waals surface area contributed by atoms with Gasteiger partial charge in [-0.05, 0) is 44.2 Å². The molecule has 0 bridgehead atoms. The van der Waals surface area contributed by atoms with Gasteiger partial charge in [0, 0.05) is 44.0 Å². The third kappa shape index (κ3) is 5.37. The smallest absolute Gasteiger partial charge is 0.251 e. The van der Waals surface area contributed by atoms with E-state index in [1.165, 1.54) is 0 Å². The molecule has 9 nitrogen and oxygen atoms in total. The Bertz CT molecular complexity index is 915. The molecular weight excluding hydrogens is 448 g/mol. The van der Waals surface area contributed by atoms with Gasteiger partial charge in [0.05, 0.1) is 6.54 Å². The molecule has 0 unspecified atom stereocenters. The lowest BCUT2D eigenvalue weighted by Gasteiger charge is -2.34. The number of likely N-dealkylation sites (tertiary alicyclic amines) is 1. The van der Waals surface area contributed by atoms with Crippen molar-refractivity contribution >= 4 is 23.3 Å². The summed E-state index contributed by atoms with van der Waals surface area (Å²) in [7, 11) is 2.12. The van der Waals surface area contributed by atoms with E-state index in [2.05, 4.69) is 22.2 Å². The highest BCUT2D eigenvalue weighted by molar-refractivity contribution is 5.99. The predicted molar refractivity (Wildman–Crippen MR) is 133 cm³/mol. The van der Waals surface area contributed by atoms with Crippen LogP contribution in [0.15, 0.2) is 24.3 Å². The van der Waals surface area contributed by atoms with E-state index in [-0.39, 0.29) is 42.8 Å². The van der Waals surface area contributed by atoms with Gasteiger partial charge in [0.25, 0.3) is 5.91 Å². The zero-order valence-corrected chi connectivity index (χ0v) is 21.2. The van der Waals surface area contributed by atoms with E-state index in [4.69, 9.17) is 9.47 Å². The highest BCUT2D eigenvalue weighted by Crippen LogP contribution is 2.31. The number of hydrogen-bond acceptors (Lipinski definition) is 7. The van der Waals surface area contributed by atoms with Crippen molar-refractivity contribution in [3.63, 3.8) is 0 Å². The number of piperazine rings is 1. The molecule has 1 N–H and O–H groups in total. The summed E-state index contributed by atoms with van der Waals surface area (Å²) in [6.45, 7) is 10.5. The van der Waals surface area contributed by atoms with E-state index in [0.29, 0.717) is 18.6 Å². The number of fused-ring (bicyclic) bond motifs is 1. The van der Waals surface area contributed by atoms with E-state index < -0.39 is 18.2 Å². The summed E-state index contributed by atoms with van der Waals surface area (Å²) in [6.07, 6.45) is -0.0714. The first kappa shape index (κ1) is 25.6. The summed E-state index contributed by atoms with van der Waals surface area (Å²) >= 11 is 0. The fourth-order valence-electron chi connectivity index (χ4n) is 5.17. The first-order chi connectivity index (χ1) is 16.8. The van der Waals surface area contributed by atoms with E-state index in [1.807, 2.05) is 45.0 Å². The Kier molecular flexibility index (Phi) is 8.09. The second kappa shape index (κ2) is 11.1. The molecule has 2 amide bonds. The second-order valence-corrected chi connectivity index (χ2v) is 9.85. The van der Waals surface area contributed by atoms with Gasteiger partial charge in [0.1, 0.15) is 30.9 Å². The van der Waals surface area contributed by atoms with Crippen LogP contribution in [0.25, 0.3) is 0 Å². The quantitative estimate of drug-likeness (QED) is 0.590. The van der Waals surface area contributed by atoms with Crippen LogP contribution in [-0.2, 0) is 19.1 Å². The predicted octanol–water partition coefficient (Wildman–Crippen LogP) is 1.17. The van der Waals surface area contributed by atoms with Gasteiger partial charge >= 0.3 is 0 Å². The molecule has 0 saturated carbocycles. The molecule has 9 heteroatoms. The van der Waals surface area contributed by atoms with Crippen LogP contribution in [0.3, 0.4) is 0 Å². The minimum atomic E-state index is -0.737. The molecule has 5 atom stereocenters. The molecule has 3 aliphatic rings. The van der Waals surface area contributed by atoms with Crippen LogP contribution < -0.4 is 10.2 Å². The van der Waals surface area contributed by atoms with Gasteiger partial charge in [0.2, 0.25) is 5.91 Å². The van der Waals surface area contributed by atoms with Gasteiger partial charge in [-0.2, -0.15) is 0 Å². The van der Waals surface area contributed by atoms with Crippen LogP contribution in [0.2, 0.25) is 0 Å². The summed E-state index contributed by atoms with van der Waals surface area (Å²) in [5.41, 5.74) is 1.60. The minimum absolute atomic E-state index is 0.0112. The molecule has 3 saturated heterocycles. The molecule has 1 aromatic rings. The number of nitrogens with zero attached hydrogens (tertiary/aromatic N) is 3. The Labute approximate surface area is 207 Å². The summed E-state index contributed by atoms with van der Waals surface area (Å²) in [4.78, 5) is 45.6. The van der Waals surface area contributed by atoms with Crippen LogP contribution in [0.5, 0.6) is 0 Å². The number of anilines is 1. The number of hydrogen-bond donors (Lipinski definition) is 1. The third-order valence-electron chi connectivity index (χ3n) is 7.57. The molecule has 0 aromatic heterocycles. The van der Waals surface area contributed by atoms with Gasteiger partial charge in [-0.1, -0.05) is 20.3 Å². The Balaban J connectivity index is 1.46. The van der Waals surface area contributed by atoms with Gasteiger partial charge in [-0.3, -0.25) is 14.4 Å². The first-order valence-electron chi connectivity index (χ1n) is 12.7. The van der Waals surface area contributed by atoms with Crippen molar-refractivity contribution in [3.05, 3.63) is 29.8 Å². The SMILES string of the molecule is CCO[C@H]1CN(C(=O)[C@@H](NC(=O)c2ccc(N3CCN(C)CC3)cc2)[C@@H](C)CC)[C@@H]2C(=O)CO[C@H]12. The number of ether oxygens (including phenoxy) is 2. The zero-order chi connectivity index (χ0) is 25.1. The molecule has 35 heavy (non-hydrogen) atoms. The lowest BCUT2D eigenvalue weighted by Crippen LogP contribution is -2.54. The first-order valence-corrected chi connectivity index (χ1v) is 12.7. The van der Waals surface area contributed by atoms with Crippen molar-refractivity contribution < 1.29 is 23.9 Å². The number of carbonyl (C=O) groups is 3. The highest BCUT2D eigenvalue weighted by Gasteiger charge is 2.54. The minimum Gasteiger partial charge on any atom is -0.374 e. The van der Waals surface area contributed by atoms with Gasteiger partial charge in [0.15, 0.2) is 5.78 Å². The van der Waals surface area contributed by atoms with Crippen LogP contribution >= 0.6 is 0 Å². The average Bonchev–Trinajstić information content (AvgIpc) is 3.43. The van der Waals surface area contributed by atoms with Crippen LogP contribution in [-0.4, -0.2) is 105 Å². The fraction of sp³-hybridized carbons (Fsp3) is 0.654. The van der Waals surface area contributed by atoms with Crippen molar-refractivity contribution in [2.45, 2.75) is 51.5 Å². The Hall–Kier alpha value is -2.49. The Morgan fingerprint density at radius 2 is 1.83 bits per heavy atom. The Morgan fingerprint density at radius 3 is 2.46 bits per heavy atom. The molecule has 0 radical (unpaired) electrons. The summed E-state index contributed by atoms with van der Waals surface area (Å²) < 4.78 is 11.4. The second-order valence-electron chi connectivity index (χ2n) is 9.85. The van der Waals surface area contributed by atoms with Crippen molar-refractivity contribution in [2.75, 3.05) is 57.9 Å². The summed E-state index contributed by atoms with van der Waals surface area (Å²) in [5.74, 6) is -0.755. The van der Waals surface area contributed by atoms with Crippen molar-refractivity contribution in [1.82, 2.24) is 15.1 Å². The average molecular weight is 487 g/mol. The third-order valence-corrected chi connectivity index (χ3v) is 7.57. The maximum atomic E-state index is 13.7. The largest absolute Gasteiger partial charge is 0.374 e. The number of nitrogens with one attached hydrogen (secondary N) is 1. The van der Waals surface area contributed by atoms with Crippen molar-refractivity contribution in [2.24, 2.45) is 5.92 Å². The lowest BCUT2D eigenvalue weighted by atomic mass is 9.96. The molecule has 3 heterocycles. The molecular formula is C26H38N4O5. The van der Waals surface area contributed by atoms with Crippen molar-refractivity contribution in [3.8, 4) is 0 Å². The number of benzene rings is 1. The lowest BCUT2D eigenvalue weighted by molar-refractivity contribution is -0.139. The number of amides is 2. The van der Waals surface area contributed by atoms with Gasteiger partial charge in [-0.25, -0.2) is 0 Å². The monoisotopic (exact) mass is 486 g/mol. The summed E-state index contributed by atoms with van der Waals surface area (Å²) in [5, 5.41) is 2.96. The molecule has 192 valence electrons. The van der Waals surface area contributed by atoms with Crippen molar-refractivity contribution in [1.29, 1.82) is 0 Å². The van der Waals surface area contributed by atoms with E-state index in [1.54, 1.807) is 4.90 Å². The van der Waals surface area contributed by atoms with E-state index in [9.17, 15) is 14.4 Å². The number of likely N-dealkylation sites (N-methyl/N-ethyl adjacent to an activating group) is 1. The normalized spacial score (nSPS) is 26.5. The zero-order valence-electron chi connectivity index (χ0n) is 21.2. The van der Waals surface area contributed by atoms with E-state index in [0.717, 1.165) is 31.9 Å². The van der Waals surface area contributed by atoms with Crippen LogP contribution in [0, 0.1) is 5.92 Å². The molecule has 3 fully saturated rings. The number of carbonyl (C=O) groups excluding carboxylic acids is 3. The summed E-state index contributed by atoms with van der Waals surface area (Å²) in [6, 6.07) is 6.17. The Morgan fingerprint density at radius 1 is 1.14 bits per heavy atom. The maximum Gasteiger partial charge on any atom is 0.251 e. The van der Waals surface area contributed by atoms with Gasteiger partial charge < -0.3 is 29.5 Å². The number of rotatable bonds is 8. The maximum absolute atomic E-state index is 13.7. The number of ketones is 1. The molecule has 1 aromatic carbocycles. The molecule has 4 rings (SSSR count). The topological polar surface area (TPSA) is 91.4 Å². The van der Waals surface area contributed by atoms with Crippen LogP contribution in [0.1, 0.15) is 37.6 Å². The highest BCUT2D eigenvalue weighted by atomic mass is 16.6.